The molecule has 1 amide bonds. The molecule has 1 N–H and O–H groups in total. The van der Waals surface area contributed by atoms with Crippen molar-refractivity contribution in [2.24, 2.45) is 5.92 Å². The van der Waals surface area contributed by atoms with Crippen molar-refractivity contribution in [1.82, 2.24) is 9.55 Å². The first kappa shape index (κ1) is 24.0. The van der Waals surface area contributed by atoms with E-state index in [0.29, 0.717) is 0 Å². The van der Waals surface area contributed by atoms with E-state index in [2.05, 4.69) is 10.3 Å². The van der Waals surface area contributed by atoms with Crippen molar-refractivity contribution in [3.63, 3.8) is 0 Å². The summed E-state index contributed by atoms with van der Waals surface area (Å²) in [6.45, 7) is 11.6. The van der Waals surface area contributed by atoms with Gasteiger partial charge in [-0.25, -0.2) is 4.79 Å². The molecule has 1 aromatic carbocycles. The summed E-state index contributed by atoms with van der Waals surface area (Å²) in [5, 5.41) is 1.74. The SMILES string of the molecule is CC(C)(C)OC1[Si][C@@]12O[C@@H]1[C@H](C(=O)c3ccccc3C(=O)Nc3ccn1c(=O)n3)[C@@H]2OC(C)(C)C. The van der Waals surface area contributed by atoms with Gasteiger partial charge in [0.15, 0.2) is 12.0 Å². The standard InChI is InChI=1S/C25H29N3O6Si/c1-23(2,3)32-18-16-17(29)13-9-7-8-10-14(13)19(30)26-15-11-12-28(22(31)27-15)20(16)33-25(18)21(35-25)34-24(4,5)6/h7-12,16,18,20-21H,1-6H3,(H,26,27,30,31)/t16-,18+,20-,21?,25-/m1/s1. The molecule has 2 bridgehead atoms. The van der Waals surface area contributed by atoms with Crippen LogP contribution in [-0.2, 0) is 14.2 Å². The second kappa shape index (κ2) is 7.92. The normalized spacial score (nSPS) is 30.0. The molecule has 35 heavy (non-hydrogen) atoms. The largest absolute Gasteiger partial charge is 0.374 e. The fourth-order valence-electron chi connectivity index (χ4n) is 4.69. The van der Waals surface area contributed by atoms with E-state index in [1.165, 1.54) is 16.8 Å². The second-order valence-corrected chi connectivity index (χ2v) is 12.7. The molecule has 1 aromatic heterocycles. The zero-order valence-corrected chi connectivity index (χ0v) is 21.6. The van der Waals surface area contributed by atoms with Gasteiger partial charge in [-0.2, -0.15) is 4.98 Å². The lowest BCUT2D eigenvalue weighted by atomic mass is 9.87. The maximum Gasteiger partial charge on any atom is 0.351 e. The summed E-state index contributed by atoms with van der Waals surface area (Å²) in [6, 6.07) is 8.14. The summed E-state index contributed by atoms with van der Waals surface area (Å²) in [5.41, 5.74) is -1.50. The van der Waals surface area contributed by atoms with Gasteiger partial charge in [0.05, 0.1) is 28.4 Å². The van der Waals surface area contributed by atoms with Crippen LogP contribution in [0, 0.1) is 5.92 Å². The number of nitrogens with zero attached hydrogens (tertiary/aromatic N) is 2. The van der Waals surface area contributed by atoms with Crippen molar-refractivity contribution < 1.29 is 23.8 Å². The first-order valence-corrected chi connectivity index (χ1v) is 12.7. The highest BCUT2D eigenvalue weighted by Crippen LogP contribution is 2.55. The predicted molar refractivity (Wildman–Crippen MR) is 129 cm³/mol. The van der Waals surface area contributed by atoms with E-state index in [9.17, 15) is 14.4 Å². The van der Waals surface area contributed by atoms with Crippen molar-refractivity contribution in [3.8, 4) is 0 Å². The number of carbonyl (C=O) groups excluding carboxylic acids is 2. The van der Waals surface area contributed by atoms with Crippen LogP contribution in [0.1, 0.15) is 68.5 Å². The molecule has 5 heterocycles. The Morgan fingerprint density at radius 2 is 1.66 bits per heavy atom. The van der Waals surface area contributed by atoms with Gasteiger partial charge in [-0.1, -0.05) is 18.2 Å². The van der Waals surface area contributed by atoms with E-state index in [0.717, 1.165) is 0 Å². The van der Waals surface area contributed by atoms with Crippen LogP contribution in [0.25, 0.3) is 0 Å². The van der Waals surface area contributed by atoms with Gasteiger partial charge in [-0.15, -0.1) is 0 Å². The van der Waals surface area contributed by atoms with Crippen LogP contribution >= 0.6 is 0 Å². The molecule has 0 aliphatic carbocycles. The zero-order valence-electron chi connectivity index (χ0n) is 20.6. The Morgan fingerprint density at radius 3 is 2.29 bits per heavy atom. The molecule has 0 saturated carbocycles. The second-order valence-electron chi connectivity index (χ2n) is 11.1. The van der Waals surface area contributed by atoms with Gasteiger partial charge in [0.25, 0.3) is 5.91 Å². The quantitative estimate of drug-likeness (QED) is 0.638. The molecule has 1 unspecified atom stereocenters. The number of hydrogen-bond acceptors (Lipinski definition) is 7. The predicted octanol–water partition coefficient (Wildman–Crippen LogP) is 2.58. The third kappa shape index (κ3) is 4.28. The minimum atomic E-state index is -0.966. The average Bonchev–Trinajstić information content (AvgIpc) is 3.32. The molecular formula is C25H29N3O6Si. The molecule has 5 atom stereocenters. The fraction of sp³-hybridized carbons (Fsp3) is 0.520. The van der Waals surface area contributed by atoms with E-state index in [4.69, 9.17) is 14.2 Å². The number of ether oxygens (including phenoxy) is 3. The summed E-state index contributed by atoms with van der Waals surface area (Å²) in [4.78, 5) is 44.3. The fourth-order valence-corrected chi connectivity index (χ4v) is 6.31. The highest BCUT2D eigenvalue weighted by atomic mass is 28.2. The van der Waals surface area contributed by atoms with Crippen LogP contribution in [0.2, 0.25) is 0 Å². The highest BCUT2D eigenvalue weighted by molar-refractivity contribution is 6.56. The number of carbonyl (C=O) groups is 2. The third-order valence-electron chi connectivity index (χ3n) is 6.07. The number of amides is 1. The van der Waals surface area contributed by atoms with Crippen molar-refractivity contribution in [2.75, 3.05) is 5.32 Å². The molecule has 2 fully saturated rings. The van der Waals surface area contributed by atoms with Gasteiger partial charge < -0.3 is 19.5 Å². The Balaban J connectivity index is 1.70. The molecule has 9 nitrogen and oxygen atoms in total. The molecule has 2 saturated heterocycles. The van der Waals surface area contributed by atoms with E-state index in [-0.39, 0.29) is 38.0 Å². The summed E-state index contributed by atoms with van der Waals surface area (Å²) in [7, 11) is 0.219. The Bertz CT molecular complexity index is 1260. The van der Waals surface area contributed by atoms with Crippen molar-refractivity contribution in [1.29, 1.82) is 0 Å². The van der Waals surface area contributed by atoms with Gasteiger partial charge in [-0.3, -0.25) is 14.2 Å². The molecule has 10 heteroatoms. The van der Waals surface area contributed by atoms with Crippen LogP contribution in [0.4, 0.5) is 5.82 Å². The lowest BCUT2D eigenvalue weighted by Gasteiger charge is -2.32. The molecule has 4 aliphatic heterocycles. The monoisotopic (exact) mass is 495 g/mol. The Kier molecular flexibility index (Phi) is 5.44. The van der Waals surface area contributed by atoms with Crippen LogP contribution in [0.3, 0.4) is 0 Å². The van der Waals surface area contributed by atoms with Gasteiger partial charge >= 0.3 is 5.69 Å². The maximum absolute atomic E-state index is 14.2. The number of nitrogens with one attached hydrogen (secondary N) is 1. The number of aromatic nitrogens is 2. The van der Waals surface area contributed by atoms with Crippen LogP contribution in [-0.4, -0.2) is 59.0 Å². The molecule has 184 valence electrons. The lowest BCUT2D eigenvalue weighted by Crippen LogP contribution is -2.44. The minimum absolute atomic E-state index is 0.106. The summed E-state index contributed by atoms with van der Waals surface area (Å²) >= 11 is 0. The zero-order chi connectivity index (χ0) is 25.3. The van der Waals surface area contributed by atoms with Gasteiger partial charge in [-0.05, 0) is 53.7 Å². The van der Waals surface area contributed by atoms with E-state index in [1.807, 2.05) is 41.5 Å². The lowest BCUT2D eigenvalue weighted by molar-refractivity contribution is -0.136. The number of Topliss-reactive ketones (excluding diaryl/α,β-unsaturated/α-hetero) is 1. The number of benzene rings is 1. The van der Waals surface area contributed by atoms with E-state index >= 15 is 0 Å². The number of ketones is 1. The Hall–Kier alpha value is -2.66. The van der Waals surface area contributed by atoms with Crippen LogP contribution < -0.4 is 11.0 Å². The van der Waals surface area contributed by atoms with Gasteiger partial charge in [0.1, 0.15) is 26.7 Å². The molecular weight excluding hydrogens is 466 g/mol. The molecule has 4 aliphatic rings. The number of anilines is 1. The summed E-state index contributed by atoms with van der Waals surface area (Å²) in [6.07, 6.45) is -0.162. The van der Waals surface area contributed by atoms with Gasteiger partial charge in [0, 0.05) is 11.8 Å². The average molecular weight is 496 g/mol. The Morgan fingerprint density at radius 1 is 1.00 bits per heavy atom. The number of hydrogen-bond donors (Lipinski definition) is 1. The van der Waals surface area contributed by atoms with Crippen LogP contribution in [0.15, 0.2) is 41.3 Å². The first-order valence-electron chi connectivity index (χ1n) is 11.6. The topological polar surface area (TPSA) is 109 Å². The van der Waals surface area contributed by atoms with Crippen molar-refractivity contribution in [2.45, 2.75) is 76.0 Å². The molecule has 6 rings (SSSR count). The number of fused-ring (bicyclic) bond motifs is 3. The van der Waals surface area contributed by atoms with Crippen molar-refractivity contribution in [3.05, 3.63) is 58.1 Å². The minimum Gasteiger partial charge on any atom is -0.374 e. The van der Waals surface area contributed by atoms with Crippen molar-refractivity contribution >= 4 is 27.0 Å². The van der Waals surface area contributed by atoms with Gasteiger partial charge in [0.2, 0.25) is 0 Å². The third-order valence-corrected chi connectivity index (χ3v) is 7.69. The van der Waals surface area contributed by atoms with E-state index in [1.54, 1.807) is 24.3 Å². The maximum atomic E-state index is 14.2. The number of rotatable bonds is 2. The van der Waals surface area contributed by atoms with E-state index < -0.39 is 46.3 Å². The highest BCUT2D eigenvalue weighted by Gasteiger charge is 2.73. The summed E-state index contributed by atoms with van der Waals surface area (Å²) in [5.74, 6) is -1.63. The molecule has 1 spiro atoms. The smallest absolute Gasteiger partial charge is 0.351 e. The molecule has 2 radical (unpaired) electrons. The van der Waals surface area contributed by atoms with Crippen LogP contribution in [0.5, 0.6) is 0 Å². The first-order chi connectivity index (χ1) is 16.3. The Labute approximate surface area is 206 Å². The summed E-state index contributed by atoms with van der Waals surface area (Å²) < 4.78 is 20.7. The molecule has 2 aromatic rings.